The van der Waals surface area contributed by atoms with Gasteiger partial charge in [0.2, 0.25) is 0 Å². The number of aromatic nitrogens is 3. The molecule has 3 rings (SSSR count). The maximum absolute atomic E-state index is 9.75. The van der Waals surface area contributed by atoms with Gasteiger partial charge in [0.25, 0.3) is 0 Å². The molecule has 0 aliphatic carbocycles. The summed E-state index contributed by atoms with van der Waals surface area (Å²) in [5.74, 6) is 2.07. The second-order valence-electron chi connectivity index (χ2n) is 9.47. The Labute approximate surface area is 172 Å². The molecule has 2 aromatic rings. The molecule has 0 amide bonds. The van der Waals surface area contributed by atoms with Crippen LogP contribution in [0, 0.1) is 11.3 Å². The Bertz CT molecular complexity index is 1010. The van der Waals surface area contributed by atoms with Gasteiger partial charge in [-0.1, -0.05) is 41.5 Å². The monoisotopic (exact) mass is 388 g/mol. The standard InChI is InChI=1S/C23H28N6/c1-14-11-25-13-17-16(10-24)8-15(9-18(17)26-12-14)19-27-20(22(2,3)4)29-21(28-19)23(5,6)7/h8-9,11-12,26H,13H2,1-7H3/b14-12-,25-11?. The summed E-state index contributed by atoms with van der Waals surface area (Å²) in [6, 6.07) is 6.15. The van der Waals surface area contributed by atoms with Crippen LogP contribution in [0.25, 0.3) is 11.4 Å². The van der Waals surface area contributed by atoms with Crippen LogP contribution in [-0.4, -0.2) is 21.2 Å². The molecule has 0 unspecified atom stereocenters. The lowest BCUT2D eigenvalue weighted by Gasteiger charge is -2.23. The Kier molecular flexibility index (Phi) is 5.27. The Morgan fingerprint density at radius 1 is 0.966 bits per heavy atom. The molecule has 1 aliphatic rings. The van der Waals surface area contributed by atoms with Crippen LogP contribution in [0.4, 0.5) is 5.69 Å². The molecule has 0 saturated heterocycles. The van der Waals surface area contributed by atoms with E-state index in [-0.39, 0.29) is 10.8 Å². The van der Waals surface area contributed by atoms with Gasteiger partial charge in [-0.25, -0.2) is 15.0 Å². The van der Waals surface area contributed by atoms with Crippen LogP contribution in [0.5, 0.6) is 0 Å². The summed E-state index contributed by atoms with van der Waals surface area (Å²) in [6.45, 7) is 15.0. The molecule has 29 heavy (non-hydrogen) atoms. The fourth-order valence-electron chi connectivity index (χ4n) is 2.89. The van der Waals surface area contributed by atoms with Crippen molar-refractivity contribution in [1.29, 1.82) is 5.26 Å². The van der Waals surface area contributed by atoms with Crippen LogP contribution in [0.1, 0.15) is 71.2 Å². The van der Waals surface area contributed by atoms with Crippen LogP contribution in [-0.2, 0) is 17.4 Å². The summed E-state index contributed by atoms with van der Waals surface area (Å²) in [5, 5.41) is 13.1. The molecule has 0 atom stereocenters. The zero-order valence-corrected chi connectivity index (χ0v) is 18.3. The molecule has 1 aromatic heterocycles. The van der Waals surface area contributed by atoms with Crippen molar-refractivity contribution in [2.75, 3.05) is 5.32 Å². The molecular formula is C23H28N6. The Morgan fingerprint density at radius 3 is 2.14 bits per heavy atom. The van der Waals surface area contributed by atoms with Crippen molar-refractivity contribution in [1.82, 2.24) is 15.0 Å². The number of nitrogens with one attached hydrogen (secondary N) is 1. The first-order valence-corrected chi connectivity index (χ1v) is 9.76. The molecule has 0 fully saturated rings. The number of allylic oxidation sites excluding steroid dienone is 1. The van der Waals surface area contributed by atoms with Crippen molar-refractivity contribution in [2.24, 2.45) is 4.99 Å². The number of rotatable bonds is 1. The first-order chi connectivity index (χ1) is 13.5. The van der Waals surface area contributed by atoms with Crippen molar-refractivity contribution in [3.63, 3.8) is 0 Å². The number of hydrogen-bond acceptors (Lipinski definition) is 6. The third-order valence-corrected chi connectivity index (χ3v) is 4.61. The maximum Gasteiger partial charge on any atom is 0.163 e. The van der Waals surface area contributed by atoms with Crippen molar-refractivity contribution in [3.05, 3.63) is 46.7 Å². The average molecular weight is 389 g/mol. The molecule has 6 nitrogen and oxygen atoms in total. The quantitative estimate of drug-likeness (QED) is 0.750. The van der Waals surface area contributed by atoms with Crippen LogP contribution < -0.4 is 5.32 Å². The lowest BCUT2D eigenvalue weighted by atomic mass is 9.92. The predicted molar refractivity (Wildman–Crippen MR) is 117 cm³/mol. The number of benzene rings is 1. The molecule has 0 radical (unpaired) electrons. The van der Waals surface area contributed by atoms with E-state index < -0.39 is 0 Å². The normalized spacial score (nSPS) is 16.0. The number of aliphatic imine (C=N–C) groups is 1. The molecule has 0 saturated carbocycles. The summed E-state index contributed by atoms with van der Waals surface area (Å²) < 4.78 is 0. The predicted octanol–water partition coefficient (Wildman–Crippen LogP) is 4.91. The van der Waals surface area contributed by atoms with Crippen molar-refractivity contribution < 1.29 is 0 Å². The second-order valence-corrected chi connectivity index (χ2v) is 9.47. The van der Waals surface area contributed by atoms with Gasteiger partial charge in [-0.05, 0) is 24.6 Å². The number of fused-ring (bicyclic) bond motifs is 1. The van der Waals surface area contributed by atoms with E-state index in [1.165, 1.54) is 0 Å². The highest BCUT2D eigenvalue weighted by Gasteiger charge is 2.26. The lowest BCUT2D eigenvalue weighted by molar-refractivity contribution is 0.497. The van der Waals surface area contributed by atoms with Crippen LogP contribution in [0.15, 0.2) is 28.9 Å². The van der Waals surface area contributed by atoms with Crippen molar-refractivity contribution >= 4 is 11.9 Å². The summed E-state index contributed by atoms with van der Waals surface area (Å²) >= 11 is 0. The van der Waals surface area contributed by atoms with Gasteiger partial charge in [0.05, 0.1) is 18.2 Å². The van der Waals surface area contributed by atoms with Gasteiger partial charge in [0.1, 0.15) is 11.6 Å². The summed E-state index contributed by atoms with van der Waals surface area (Å²) in [5.41, 5.74) is 3.68. The molecule has 0 spiro atoms. The zero-order chi connectivity index (χ0) is 21.4. The fourth-order valence-corrected chi connectivity index (χ4v) is 2.89. The molecule has 150 valence electrons. The first kappa shape index (κ1) is 20.7. The summed E-state index contributed by atoms with van der Waals surface area (Å²) in [6.07, 6.45) is 3.70. The molecule has 1 N–H and O–H groups in total. The van der Waals surface area contributed by atoms with E-state index in [2.05, 4.69) is 57.9 Å². The summed E-state index contributed by atoms with van der Waals surface area (Å²) in [7, 11) is 0. The van der Waals surface area contributed by atoms with Crippen LogP contribution in [0.3, 0.4) is 0 Å². The average Bonchev–Trinajstić information content (AvgIpc) is 2.63. The lowest BCUT2D eigenvalue weighted by Crippen LogP contribution is -2.24. The molecule has 0 bridgehead atoms. The Balaban J connectivity index is 2.23. The van der Waals surface area contributed by atoms with Gasteiger partial charge in [-0.2, -0.15) is 5.26 Å². The third-order valence-electron chi connectivity index (χ3n) is 4.61. The van der Waals surface area contributed by atoms with E-state index in [1.54, 1.807) is 0 Å². The smallest absolute Gasteiger partial charge is 0.163 e. The van der Waals surface area contributed by atoms with Gasteiger partial charge in [0.15, 0.2) is 5.82 Å². The Morgan fingerprint density at radius 2 is 1.59 bits per heavy atom. The van der Waals surface area contributed by atoms with Gasteiger partial charge < -0.3 is 5.32 Å². The van der Waals surface area contributed by atoms with E-state index in [0.717, 1.165) is 34.0 Å². The first-order valence-electron chi connectivity index (χ1n) is 9.76. The molecule has 1 aliphatic heterocycles. The highest BCUT2D eigenvalue weighted by molar-refractivity contribution is 5.80. The van der Waals surface area contributed by atoms with Crippen molar-refractivity contribution in [2.45, 2.75) is 65.8 Å². The van der Waals surface area contributed by atoms with Crippen LogP contribution in [0.2, 0.25) is 0 Å². The van der Waals surface area contributed by atoms with Gasteiger partial charge >= 0.3 is 0 Å². The number of anilines is 1. The number of nitriles is 1. The minimum absolute atomic E-state index is 0.216. The SMILES string of the molecule is C/C1=C/Nc2cc(-c3nc(C(C)(C)C)nc(C(C)(C)C)n3)cc(C#N)c2CN=C1. The number of hydrogen-bond donors (Lipinski definition) is 1. The zero-order valence-electron chi connectivity index (χ0n) is 18.3. The Hall–Kier alpha value is -3.07. The van der Waals surface area contributed by atoms with E-state index in [9.17, 15) is 5.26 Å². The van der Waals surface area contributed by atoms with Crippen LogP contribution >= 0.6 is 0 Å². The van der Waals surface area contributed by atoms with Gasteiger partial charge in [-0.15, -0.1) is 0 Å². The minimum atomic E-state index is -0.216. The van der Waals surface area contributed by atoms with E-state index in [0.29, 0.717) is 17.9 Å². The van der Waals surface area contributed by atoms with Gasteiger partial charge in [-0.3, -0.25) is 4.99 Å². The van der Waals surface area contributed by atoms with E-state index >= 15 is 0 Å². The van der Waals surface area contributed by atoms with Gasteiger partial charge in [0, 0.05) is 40.1 Å². The maximum atomic E-state index is 9.75. The second kappa shape index (κ2) is 7.40. The number of nitrogens with zero attached hydrogens (tertiary/aromatic N) is 5. The largest absolute Gasteiger partial charge is 0.361 e. The highest BCUT2D eigenvalue weighted by Crippen LogP contribution is 2.31. The third kappa shape index (κ3) is 4.51. The van der Waals surface area contributed by atoms with Crippen molar-refractivity contribution in [3.8, 4) is 17.5 Å². The molecule has 2 heterocycles. The molecule has 1 aromatic carbocycles. The summed E-state index contributed by atoms with van der Waals surface area (Å²) in [4.78, 5) is 18.7. The minimum Gasteiger partial charge on any atom is -0.361 e. The molecular weight excluding hydrogens is 360 g/mol. The fraction of sp³-hybridized carbons (Fsp3) is 0.435. The van der Waals surface area contributed by atoms with E-state index in [4.69, 9.17) is 15.0 Å². The highest BCUT2D eigenvalue weighted by atomic mass is 15.1. The molecule has 6 heteroatoms. The topological polar surface area (TPSA) is 86.9 Å². The van der Waals surface area contributed by atoms with E-state index in [1.807, 2.05) is 31.5 Å².